The molecule has 3 nitrogen and oxygen atoms in total. The van der Waals surface area contributed by atoms with Gasteiger partial charge < -0.3 is 0 Å². The standard InChI is InChI=1S/C21H14BrN3/c22-18-13-7-12-17(14-18)21-19(15-8-3-1-4-9-15)20(23-25-24-21)16-10-5-2-6-11-16/h1-14H. The first-order valence-corrected chi connectivity index (χ1v) is 8.72. The lowest BCUT2D eigenvalue weighted by atomic mass is 9.95. The van der Waals surface area contributed by atoms with E-state index in [1.807, 2.05) is 72.8 Å². The van der Waals surface area contributed by atoms with E-state index in [-0.39, 0.29) is 0 Å². The van der Waals surface area contributed by atoms with Gasteiger partial charge in [-0.25, -0.2) is 0 Å². The van der Waals surface area contributed by atoms with Crippen LogP contribution < -0.4 is 0 Å². The van der Waals surface area contributed by atoms with Crippen molar-refractivity contribution in [3.8, 4) is 33.6 Å². The van der Waals surface area contributed by atoms with Crippen molar-refractivity contribution in [1.82, 2.24) is 15.4 Å². The largest absolute Gasteiger partial charge is 0.129 e. The van der Waals surface area contributed by atoms with Crippen LogP contribution in [0, 0.1) is 0 Å². The Labute approximate surface area is 154 Å². The number of benzene rings is 3. The fourth-order valence-corrected chi connectivity index (χ4v) is 3.24. The zero-order valence-electron chi connectivity index (χ0n) is 13.3. The quantitative estimate of drug-likeness (QED) is 0.456. The van der Waals surface area contributed by atoms with Crippen LogP contribution in [0.5, 0.6) is 0 Å². The normalized spacial score (nSPS) is 10.6. The lowest BCUT2D eigenvalue weighted by Gasteiger charge is -2.13. The van der Waals surface area contributed by atoms with Gasteiger partial charge in [-0.3, -0.25) is 0 Å². The first-order chi connectivity index (χ1) is 12.3. The first-order valence-electron chi connectivity index (χ1n) is 7.93. The highest BCUT2D eigenvalue weighted by Gasteiger charge is 2.17. The molecular weight excluding hydrogens is 374 g/mol. The summed E-state index contributed by atoms with van der Waals surface area (Å²) >= 11 is 3.54. The summed E-state index contributed by atoms with van der Waals surface area (Å²) in [6.07, 6.45) is 0. The van der Waals surface area contributed by atoms with Gasteiger partial charge in [0.15, 0.2) is 0 Å². The first kappa shape index (κ1) is 15.7. The van der Waals surface area contributed by atoms with E-state index in [0.717, 1.165) is 38.1 Å². The number of hydrogen-bond donors (Lipinski definition) is 0. The molecule has 0 unspecified atom stereocenters. The van der Waals surface area contributed by atoms with E-state index < -0.39 is 0 Å². The third-order valence-corrected chi connectivity index (χ3v) is 4.46. The molecule has 0 amide bonds. The van der Waals surface area contributed by atoms with E-state index in [1.165, 1.54) is 0 Å². The summed E-state index contributed by atoms with van der Waals surface area (Å²) in [6.45, 7) is 0. The fourth-order valence-electron chi connectivity index (χ4n) is 2.84. The molecule has 0 radical (unpaired) electrons. The van der Waals surface area contributed by atoms with Gasteiger partial charge in [-0.1, -0.05) is 88.7 Å². The van der Waals surface area contributed by atoms with Gasteiger partial charge in [-0.2, -0.15) is 0 Å². The Kier molecular flexibility index (Phi) is 4.36. The predicted octanol–water partition coefficient (Wildman–Crippen LogP) is 5.64. The van der Waals surface area contributed by atoms with Crippen molar-refractivity contribution in [2.75, 3.05) is 0 Å². The van der Waals surface area contributed by atoms with Gasteiger partial charge in [0.2, 0.25) is 0 Å². The Bertz CT molecular complexity index is 1000. The zero-order valence-corrected chi connectivity index (χ0v) is 14.9. The second-order valence-electron chi connectivity index (χ2n) is 5.60. The molecule has 0 aliphatic rings. The van der Waals surface area contributed by atoms with E-state index in [0.29, 0.717) is 0 Å². The Morgan fingerprint density at radius 3 is 1.76 bits per heavy atom. The smallest absolute Gasteiger partial charge is 0.105 e. The third kappa shape index (κ3) is 3.21. The summed E-state index contributed by atoms with van der Waals surface area (Å²) in [4.78, 5) is 0. The molecule has 0 fully saturated rings. The molecule has 1 aromatic heterocycles. The van der Waals surface area contributed by atoms with Crippen LogP contribution in [0.25, 0.3) is 33.6 Å². The molecule has 0 aliphatic carbocycles. The predicted molar refractivity (Wildman–Crippen MR) is 104 cm³/mol. The topological polar surface area (TPSA) is 38.7 Å². The Balaban J connectivity index is 2.02. The molecule has 4 rings (SSSR count). The van der Waals surface area contributed by atoms with Crippen molar-refractivity contribution in [3.05, 3.63) is 89.4 Å². The van der Waals surface area contributed by atoms with Crippen LogP contribution in [-0.4, -0.2) is 15.4 Å². The van der Waals surface area contributed by atoms with Crippen LogP contribution >= 0.6 is 15.9 Å². The molecule has 0 aliphatic heterocycles. The Hall–Kier alpha value is -2.85. The number of aromatic nitrogens is 3. The maximum absolute atomic E-state index is 4.37. The molecule has 0 bridgehead atoms. The van der Waals surface area contributed by atoms with Gasteiger partial charge in [0, 0.05) is 21.2 Å². The molecule has 0 spiro atoms. The third-order valence-electron chi connectivity index (χ3n) is 3.97. The van der Waals surface area contributed by atoms with E-state index in [4.69, 9.17) is 0 Å². The number of rotatable bonds is 3. The van der Waals surface area contributed by atoms with Crippen molar-refractivity contribution in [2.24, 2.45) is 0 Å². The summed E-state index contributed by atoms with van der Waals surface area (Å²) in [5, 5.41) is 12.8. The van der Waals surface area contributed by atoms with Crippen molar-refractivity contribution >= 4 is 15.9 Å². The van der Waals surface area contributed by atoms with Crippen LogP contribution in [0.2, 0.25) is 0 Å². The monoisotopic (exact) mass is 387 g/mol. The molecule has 4 heteroatoms. The number of hydrogen-bond acceptors (Lipinski definition) is 3. The van der Waals surface area contributed by atoms with Crippen LogP contribution in [0.1, 0.15) is 0 Å². The molecule has 25 heavy (non-hydrogen) atoms. The average Bonchev–Trinajstić information content (AvgIpc) is 2.69. The highest BCUT2D eigenvalue weighted by atomic mass is 79.9. The molecule has 0 atom stereocenters. The van der Waals surface area contributed by atoms with Crippen LogP contribution in [0.3, 0.4) is 0 Å². The van der Waals surface area contributed by atoms with Crippen molar-refractivity contribution < 1.29 is 0 Å². The minimum atomic E-state index is 0.821. The lowest BCUT2D eigenvalue weighted by molar-refractivity contribution is 0.878. The van der Waals surface area contributed by atoms with Crippen molar-refractivity contribution in [3.63, 3.8) is 0 Å². The van der Waals surface area contributed by atoms with Gasteiger partial charge in [-0.05, 0) is 22.9 Å². The molecule has 1 heterocycles. The van der Waals surface area contributed by atoms with E-state index >= 15 is 0 Å². The minimum absolute atomic E-state index is 0.821. The van der Waals surface area contributed by atoms with E-state index in [1.54, 1.807) is 0 Å². The van der Waals surface area contributed by atoms with Crippen LogP contribution in [0.15, 0.2) is 89.4 Å². The summed E-state index contributed by atoms with van der Waals surface area (Å²) in [5.41, 5.74) is 5.73. The lowest BCUT2D eigenvalue weighted by Crippen LogP contribution is -2.00. The van der Waals surface area contributed by atoms with Gasteiger partial charge in [0.1, 0.15) is 11.4 Å². The highest BCUT2D eigenvalue weighted by molar-refractivity contribution is 9.10. The summed E-state index contributed by atoms with van der Waals surface area (Å²) < 4.78 is 1.00. The zero-order chi connectivity index (χ0) is 17.1. The van der Waals surface area contributed by atoms with Crippen LogP contribution in [0.4, 0.5) is 0 Å². The Morgan fingerprint density at radius 2 is 1.12 bits per heavy atom. The van der Waals surface area contributed by atoms with Crippen molar-refractivity contribution in [1.29, 1.82) is 0 Å². The highest BCUT2D eigenvalue weighted by Crippen LogP contribution is 2.37. The van der Waals surface area contributed by atoms with Gasteiger partial charge in [0.25, 0.3) is 0 Å². The minimum Gasteiger partial charge on any atom is -0.129 e. The molecule has 3 aromatic carbocycles. The molecule has 4 aromatic rings. The maximum Gasteiger partial charge on any atom is 0.105 e. The van der Waals surface area contributed by atoms with Crippen LogP contribution in [-0.2, 0) is 0 Å². The van der Waals surface area contributed by atoms with Crippen molar-refractivity contribution in [2.45, 2.75) is 0 Å². The average molecular weight is 388 g/mol. The van der Waals surface area contributed by atoms with Gasteiger partial charge >= 0.3 is 0 Å². The summed E-state index contributed by atoms with van der Waals surface area (Å²) in [6, 6.07) is 28.4. The summed E-state index contributed by atoms with van der Waals surface area (Å²) in [5.74, 6) is 0. The second kappa shape index (κ2) is 6.95. The summed E-state index contributed by atoms with van der Waals surface area (Å²) in [7, 11) is 0. The SMILES string of the molecule is Brc1cccc(-c2nnnc(-c3ccccc3)c2-c2ccccc2)c1. The number of nitrogens with zero attached hydrogens (tertiary/aromatic N) is 3. The van der Waals surface area contributed by atoms with E-state index in [9.17, 15) is 0 Å². The molecule has 120 valence electrons. The maximum atomic E-state index is 4.37. The van der Waals surface area contributed by atoms with Gasteiger partial charge in [0.05, 0.1) is 0 Å². The number of halogens is 1. The molecule has 0 saturated heterocycles. The van der Waals surface area contributed by atoms with Gasteiger partial charge in [-0.15, -0.1) is 10.2 Å². The fraction of sp³-hybridized carbons (Fsp3) is 0. The van der Waals surface area contributed by atoms with E-state index in [2.05, 4.69) is 43.5 Å². The molecule has 0 N–H and O–H groups in total. The molecular formula is C21H14BrN3. The second-order valence-corrected chi connectivity index (χ2v) is 6.52. The molecule has 0 saturated carbocycles. The Morgan fingerprint density at radius 1 is 0.560 bits per heavy atom.